The first-order valence-electron chi connectivity index (χ1n) is 6.59. The summed E-state index contributed by atoms with van der Waals surface area (Å²) in [6, 6.07) is 0. The first kappa shape index (κ1) is 15.2. The molecule has 0 aliphatic heterocycles. The monoisotopic (exact) mass is 272 g/mol. The lowest BCUT2D eigenvalue weighted by Crippen LogP contribution is -2.28. The highest BCUT2D eigenvalue weighted by atomic mass is 32.2. The first-order chi connectivity index (χ1) is 8.15. The van der Waals surface area contributed by atoms with Crippen molar-refractivity contribution in [3.8, 4) is 0 Å². The van der Waals surface area contributed by atoms with Gasteiger partial charge in [0.05, 0.1) is 10.3 Å². The van der Waals surface area contributed by atoms with E-state index in [-0.39, 0.29) is 6.10 Å². The number of hydrogen-bond donors (Lipinski definition) is 1. The lowest BCUT2D eigenvalue weighted by Gasteiger charge is -2.31. The molecule has 0 spiro atoms. The first-order valence-corrected chi connectivity index (χ1v) is 7.99. The van der Waals surface area contributed by atoms with Crippen LogP contribution >= 0.6 is 24.0 Å². The Hall–Kier alpha value is 0.140. The van der Waals surface area contributed by atoms with Crippen molar-refractivity contribution in [3.05, 3.63) is 12.7 Å². The second-order valence-electron chi connectivity index (χ2n) is 5.00. The molecule has 17 heavy (non-hydrogen) atoms. The number of thioether (sulfide) groups is 1. The molecular formula is C14H24OS2. The van der Waals surface area contributed by atoms with E-state index in [4.69, 9.17) is 12.2 Å². The average Bonchev–Trinajstić information content (AvgIpc) is 2.36. The van der Waals surface area contributed by atoms with Crippen LogP contribution in [0, 0.1) is 11.8 Å². The second-order valence-corrected chi connectivity index (χ2v) is 6.87. The summed E-state index contributed by atoms with van der Waals surface area (Å²) in [5, 5.41) is 10.2. The van der Waals surface area contributed by atoms with Crippen molar-refractivity contribution in [3.63, 3.8) is 0 Å². The Morgan fingerprint density at radius 2 is 2.12 bits per heavy atom. The van der Waals surface area contributed by atoms with Crippen LogP contribution < -0.4 is 0 Å². The molecule has 1 saturated carbocycles. The van der Waals surface area contributed by atoms with Gasteiger partial charge in [-0.25, -0.2) is 0 Å². The Labute approximate surface area is 115 Å². The number of aliphatic hydroxyl groups is 1. The van der Waals surface area contributed by atoms with E-state index in [0.717, 1.165) is 9.95 Å². The molecule has 1 nitrogen and oxygen atoms in total. The van der Waals surface area contributed by atoms with E-state index in [1.54, 1.807) is 11.8 Å². The van der Waals surface area contributed by atoms with Crippen molar-refractivity contribution in [2.24, 2.45) is 11.8 Å². The quantitative estimate of drug-likeness (QED) is 0.578. The summed E-state index contributed by atoms with van der Waals surface area (Å²) in [7, 11) is 0. The van der Waals surface area contributed by atoms with Crippen molar-refractivity contribution < 1.29 is 5.11 Å². The standard InChI is InChI=1S/C14H24OS2/c1-3-9-17-14(16)10-13(15)11(2)12-7-5-4-6-8-12/h3,11-13,15H,1,4-10H2,2H3/t11-,13-/m1/s1. The molecule has 0 radical (unpaired) electrons. The Morgan fingerprint density at radius 1 is 1.47 bits per heavy atom. The van der Waals surface area contributed by atoms with Gasteiger partial charge in [-0.1, -0.05) is 57.3 Å². The van der Waals surface area contributed by atoms with E-state index in [0.29, 0.717) is 18.3 Å². The van der Waals surface area contributed by atoms with Gasteiger partial charge in [0, 0.05) is 12.2 Å². The molecule has 3 heteroatoms. The predicted molar refractivity (Wildman–Crippen MR) is 81.6 cm³/mol. The Kier molecular flexibility index (Phi) is 7.40. The Bertz CT molecular complexity index is 247. The summed E-state index contributed by atoms with van der Waals surface area (Å²) >= 11 is 6.89. The third kappa shape index (κ3) is 5.54. The highest BCUT2D eigenvalue weighted by Crippen LogP contribution is 2.32. The summed E-state index contributed by atoms with van der Waals surface area (Å²) in [6.07, 6.45) is 8.85. The summed E-state index contributed by atoms with van der Waals surface area (Å²) in [4.78, 5) is 0. The molecule has 0 saturated heterocycles. The third-order valence-electron chi connectivity index (χ3n) is 3.74. The van der Waals surface area contributed by atoms with Gasteiger partial charge in [0.1, 0.15) is 0 Å². The van der Waals surface area contributed by atoms with Crippen molar-refractivity contribution in [1.29, 1.82) is 0 Å². The normalized spacial score (nSPS) is 20.8. The van der Waals surface area contributed by atoms with E-state index in [9.17, 15) is 5.11 Å². The highest BCUT2D eigenvalue weighted by Gasteiger charge is 2.26. The molecule has 2 atom stereocenters. The van der Waals surface area contributed by atoms with Crippen molar-refractivity contribution >= 4 is 28.2 Å². The zero-order chi connectivity index (χ0) is 12.7. The summed E-state index contributed by atoms with van der Waals surface area (Å²) < 4.78 is 0.917. The fourth-order valence-electron chi connectivity index (χ4n) is 2.54. The summed E-state index contributed by atoms with van der Waals surface area (Å²) in [5.74, 6) is 1.94. The Balaban J connectivity index is 2.32. The smallest absolute Gasteiger partial charge is 0.0622 e. The maximum Gasteiger partial charge on any atom is 0.0622 e. The zero-order valence-corrected chi connectivity index (χ0v) is 12.4. The van der Waals surface area contributed by atoms with Crippen LogP contribution in [-0.4, -0.2) is 21.2 Å². The van der Waals surface area contributed by atoms with Gasteiger partial charge < -0.3 is 5.11 Å². The maximum atomic E-state index is 10.2. The molecule has 0 unspecified atom stereocenters. The Morgan fingerprint density at radius 3 is 2.71 bits per heavy atom. The molecule has 1 aliphatic carbocycles. The molecule has 0 aromatic heterocycles. The van der Waals surface area contributed by atoms with Crippen molar-refractivity contribution in [2.75, 3.05) is 5.75 Å². The third-order valence-corrected chi connectivity index (χ3v) is 5.15. The van der Waals surface area contributed by atoms with Crippen LogP contribution in [0.3, 0.4) is 0 Å². The van der Waals surface area contributed by atoms with Gasteiger partial charge in [0.25, 0.3) is 0 Å². The minimum atomic E-state index is -0.261. The molecule has 0 heterocycles. The van der Waals surface area contributed by atoms with Gasteiger partial charge in [-0.2, -0.15) is 0 Å². The zero-order valence-electron chi connectivity index (χ0n) is 10.7. The van der Waals surface area contributed by atoms with E-state index in [1.807, 2.05) is 6.08 Å². The largest absolute Gasteiger partial charge is 0.392 e. The van der Waals surface area contributed by atoms with Crippen LogP contribution in [0.15, 0.2) is 12.7 Å². The van der Waals surface area contributed by atoms with Crippen molar-refractivity contribution in [1.82, 2.24) is 0 Å². The van der Waals surface area contributed by atoms with Gasteiger partial charge in [-0.15, -0.1) is 18.3 Å². The molecule has 1 fully saturated rings. The minimum absolute atomic E-state index is 0.261. The molecule has 0 aromatic carbocycles. The molecule has 98 valence electrons. The topological polar surface area (TPSA) is 20.2 Å². The molecule has 0 amide bonds. The number of hydrogen-bond acceptors (Lipinski definition) is 3. The van der Waals surface area contributed by atoms with Gasteiger partial charge in [-0.05, 0) is 11.8 Å². The van der Waals surface area contributed by atoms with E-state index < -0.39 is 0 Å². The highest BCUT2D eigenvalue weighted by molar-refractivity contribution is 8.23. The lowest BCUT2D eigenvalue weighted by molar-refractivity contribution is 0.0754. The fraction of sp³-hybridized carbons (Fsp3) is 0.786. The molecule has 0 bridgehead atoms. The van der Waals surface area contributed by atoms with Crippen LogP contribution in [0.5, 0.6) is 0 Å². The molecular weight excluding hydrogens is 248 g/mol. The van der Waals surface area contributed by atoms with Crippen LogP contribution in [-0.2, 0) is 0 Å². The van der Waals surface area contributed by atoms with E-state index >= 15 is 0 Å². The lowest BCUT2D eigenvalue weighted by atomic mass is 9.78. The number of rotatable bonds is 6. The fourth-order valence-corrected chi connectivity index (χ4v) is 3.51. The SMILES string of the molecule is C=CCSC(=S)C[C@@H](O)[C@H](C)C1CCCCC1. The van der Waals surface area contributed by atoms with Crippen LogP contribution in [0.2, 0.25) is 0 Å². The number of thiocarbonyl (C=S) groups is 1. The number of aliphatic hydroxyl groups excluding tert-OH is 1. The minimum Gasteiger partial charge on any atom is -0.392 e. The summed E-state index contributed by atoms with van der Waals surface area (Å²) in [6.45, 7) is 5.86. The molecule has 0 aromatic rings. The van der Waals surface area contributed by atoms with Crippen LogP contribution in [0.4, 0.5) is 0 Å². The van der Waals surface area contributed by atoms with Gasteiger partial charge in [-0.3, -0.25) is 0 Å². The second kappa shape index (κ2) is 8.28. The average molecular weight is 272 g/mol. The van der Waals surface area contributed by atoms with Gasteiger partial charge >= 0.3 is 0 Å². The molecule has 1 rings (SSSR count). The van der Waals surface area contributed by atoms with Gasteiger partial charge in [0.15, 0.2) is 0 Å². The van der Waals surface area contributed by atoms with E-state index in [1.165, 1.54) is 32.1 Å². The van der Waals surface area contributed by atoms with Crippen LogP contribution in [0.25, 0.3) is 0 Å². The maximum absolute atomic E-state index is 10.2. The van der Waals surface area contributed by atoms with Crippen LogP contribution in [0.1, 0.15) is 45.4 Å². The molecule has 1 aliphatic rings. The summed E-state index contributed by atoms with van der Waals surface area (Å²) in [5.41, 5.74) is 0. The van der Waals surface area contributed by atoms with E-state index in [2.05, 4.69) is 13.5 Å². The molecule has 1 N–H and O–H groups in total. The van der Waals surface area contributed by atoms with Gasteiger partial charge in [0.2, 0.25) is 0 Å². The van der Waals surface area contributed by atoms with Crippen molar-refractivity contribution in [2.45, 2.75) is 51.6 Å². The predicted octanol–water partition coefficient (Wildman–Crippen LogP) is 4.20.